The van der Waals surface area contributed by atoms with E-state index in [4.69, 9.17) is 38.1 Å². The molecule has 352 valence electrons. The summed E-state index contributed by atoms with van der Waals surface area (Å²) >= 11 is 1.35. The van der Waals surface area contributed by atoms with Gasteiger partial charge in [0.25, 0.3) is 0 Å². The predicted molar refractivity (Wildman–Crippen MR) is 234 cm³/mol. The third-order valence-electron chi connectivity index (χ3n) is 10.7. The molecule has 2 heterocycles. The van der Waals surface area contributed by atoms with Gasteiger partial charge in [-0.1, -0.05) is 31.4 Å². The smallest absolute Gasteiger partial charge is 0.410 e. The first-order chi connectivity index (χ1) is 30.3. The Kier molecular flexibility index (Phi) is 22.2. The highest BCUT2D eigenvalue weighted by Gasteiger charge is 2.41. The van der Waals surface area contributed by atoms with Gasteiger partial charge in [0.1, 0.15) is 40.7 Å². The summed E-state index contributed by atoms with van der Waals surface area (Å²) in [7, 11) is 2.86. The largest absolute Gasteiger partial charge is 0.491 e. The third-order valence-corrected chi connectivity index (χ3v) is 11.6. The number of carbonyl (C=O) groups is 5. The summed E-state index contributed by atoms with van der Waals surface area (Å²) in [6, 6.07) is 5.01. The number of methoxy groups -OCH3 is 1. The van der Waals surface area contributed by atoms with Crippen molar-refractivity contribution in [1.29, 1.82) is 0 Å². The highest BCUT2D eigenvalue weighted by Crippen LogP contribution is 2.37. The van der Waals surface area contributed by atoms with E-state index in [9.17, 15) is 24.0 Å². The lowest BCUT2D eigenvalue weighted by Crippen LogP contribution is -2.56. The Morgan fingerprint density at radius 1 is 0.841 bits per heavy atom. The molecule has 1 aliphatic carbocycles. The number of hydrogen-bond donors (Lipinski definition) is 1. The van der Waals surface area contributed by atoms with Crippen molar-refractivity contribution in [3.63, 3.8) is 0 Å². The molecule has 63 heavy (non-hydrogen) atoms. The van der Waals surface area contributed by atoms with E-state index in [1.165, 1.54) is 30.4 Å². The molecule has 2 fully saturated rings. The number of likely N-dealkylation sites (tertiary alicyclic amines) is 1. The quantitative estimate of drug-likeness (QED) is 0.0683. The van der Waals surface area contributed by atoms with E-state index < -0.39 is 29.7 Å². The maximum Gasteiger partial charge on any atom is 0.410 e. The number of amides is 3. The summed E-state index contributed by atoms with van der Waals surface area (Å²) in [4.78, 5) is 73.2. The molecule has 17 nitrogen and oxygen atoms in total. The van der Waals surface area contributed by atoms with Gasteiger partial charge in [0.05, 0.1) is 85.6 Å². The summed E-state index contributed by atoms with van der Waals surface area (Å²) in [6.45, 7) is 11.7. The second-order valence-corrected chi connectivity index (χ2v) is 17.4. The number of carbonyl (C=O) groups excluding carboxylic acids is 5. The lowest BCUT2D eigenvalue weighted by molar-refractivity contribution is -0.142. The average Bonchev–Trinajstić information content (AvgIpc) is 3.97. The molecule has 1 N–H and O–H groups in total. The number of nitrogens with zero attached hydrogens (tertiary/aromatic N) is 3. The highest BCUT2D eigenvalue weighted by molar-refractivity contribution is 7.10. The van der Waals surface area contributed by atoms with Gasteiger partial charge in [-0.3, -0.25) is 24.1 Å². The molecule has 0 radical (unpaired) electrons. The molecule has 1 aromatic heterocycles. The van der Waals surface area contributed by atoms with Crippen molar-refractivity contribution >= 4 is 41.0 Å². The van der Waals surface area contributed by atoms with E-state index in [0.29, 0.717) is 101 Å². The number of ketones is 1. The molecule has 1 saturated heterocycles. The summed E-state index contributed by atoms with van der Waals surface area (Å²) < 4.78 is 43.2. The molecule has 1 aliphatic heterocycles. The maximum absolute atomic E-state index is 14.4. The zero-order valence-electron chi connectivity index (χ0n) is 37.9. The van der Waals surface area contributed by atoms with Gasteiger partial charge in [-0.25, -0.2) is 9.78 Å². The van der Waals surface area contributed by atoms with Crippen molar-refractivity contribution in [1.82, 2.24) is 20.1 Å². The van der Waals surface area contributed by atoms with E-state index in [0.717, 1.165) is 38.5 Å². The van der Waals surface area contributed by atoms with Crippen LogP contribution in [0.5, 0.6) is 5.75 Å². The van der Waals surface area contributed by atoms with Gasteiger partial charge in [0, 0.05) is 24.5 Å². The molecule has 0 spiro atoms. The van der Waals surface area contributed by atoms with Crippen molar-refractivity contribution in [3.8, 4) is 5.75 Å². The molecule has 3 atom stereocenters. The van der Waals surface area contributed by atoms with Crippen LogP contribution in [0.2, 0.25) is 0 Å². The van der Waals surface area contributed by atoms with Crippen molar-refractivity contribution in [2.75, 3.05) is 93.4 Å². The number of rotatable bonds is 27. The molecular formula is C45H68N4O13S. The van der Waals surface area contributed by atoms with E-state index in [-0.39, 0.29) is 42.6 Å². The Morgan fingerprint density at radius 2 is 1.44 bits per heavy atom. The van der Waals surface area contributed by atoms with Gasteiger partial charge in [0.15, 0.2) is 0 Å². The van der Waals surface area contributed by atoms with Crippen molar-refractivity contribution in [2.45, 2.75) is 103 Å². The fourth-order valence-electron chi connectivity index (χ4n) is 7.13. The molecule has 2 aromatic rings. The predicted octanol–water partition coefficient (Wildman–Crippen LogP) is 5.38. The number of hydrogen-bond acceptors (Lipinski definition) is 15. The number of likely N-dealkylation sites (N-methyl/N-ethyl adjacent to an activating group) is 1. The molecule has 0 bridgehead atoms. The normalized spacial score (nSPS) is 16.6. The van der Waals surface area contributed by atoms with Gasteiger partial charge in [-0.2, -0.15) is 0 Å². The van der Waals surface area contributed by atoms with Gasteiger partial charge >= 0.3 is 12.1 Å². The number of benzene rings is 1. The monoisotopic (exact) mass is 904 g/mol. The third kappa shape index (κ3) is 17.7. The fraction of sp³-hybridized carbons (Fsp3) is 0.689. The summed E-state index contributed by atoms with van der Waals surface area (Å²) in [5.41, 5.74) is 0.00397. The van der Waals surface area contributed by atoms with Crippen molar-refractivity contribution in [3.05, 3.63) is 45.9 Å². The molecule has 2 aliphatic rings. The van der Waals surface area contributed by atoms with Gasteiger partial charge < -0.3 is 48.1 Å². The van der Waals surface area contributed by atoms with Crippen LogP contribution in [-0.2, 0) is 47.5 Å². The summed E-state index contributed by atoms with van der Waals surface area (Å²) in [5.74, 6) is -0.635. The van der Waals surface area contributed by atoms with Crippen LogP contribution in [0, 0.1) is 5.92 Å². The standard InChI is InChI=1S/C45H68N4O13S/c1-32(48(5)44(54)62-45(2,3)4)41(52)47-39(33-12-8-7-9-13-33)43(53)49-18-11-16-37(49)42-46-36(31-63-42)40(51)34-14-10-15-35(30-34)61-29-28-60-27-26-59-25-24-58-23-22-57-21-20-56-19-17-38(50)55-6/h10,14-15,30-33,37,39H,7-9,11-13,16-29H2,1-6H3,(H,47,52)/t32-,37-,39-/m0/s1. The SMILES string of the molecule is COC(=O)CCOCCOCCOCCOCCOCCOc1cccc(C(=O)c2csc([C@@H]3CCCN3C(=O)[C@@H](NC(=O)[C@H](C)N(C)C(=O)OC(C)(C)C)C3CCCCC3)n2)c1. The molecule has 0 unspecified atom stereocenters. The Hall–Kier alpha value is -4.20. The lowest BCUT2D eigenvalue weighted by Gasteiger charge is -2.36. The molecule has 3 amide bonds. The molecule has 1 aromatic carbocycles. The Balaban J connectivity index is 1.18. The number of ether oxygens (including phenoxy) is 8. The van der Waals surface area contributed by atoms with Gasteiger partial charge in [-0.05, 0) is 71.4 Å². The number of thiazole rings is 1. The first kappa shape index (κ1) is 51.4. The number of nitrogens with one attached hydrogen (secondary N) is 1. The first-order valence-electron chi connectivity index (χ1n) is 22.0. The Labute approximate surface area is 375 Å². The molecule has 4 rings (SSSR count). The minimum Gasteiger partial charge on any atom is -0.491 e. The van der Waals surface area contributed by atoms with Crippen LogP contribution >= 0.6 is 11.3 Å². The highest BCUT2D eigenvalue weighted by atomic mass is 32.1. The van der Waals surface area contributed by atoms with Crippen LogP contribution in [0.15, 0.2) is 29.6 Å². The topological polar surface area (TPSA) is 191 Å². The Bertz CT molecular complexity index is 1730. The second kappa shape index (κ2) is 27.2. The minimum atomic E-state index is -0.856. The van der Waals surface area contributed by atoms with E-state index in [2.05, 4.69) is 10.1 Å². The lowest BCUT2D eigenvalue weighted by atomic mass is 9.83. The van der Waals surface area contributed by atoms with Crippen LogP contribution in [0.1, 0.15) is 106 Å². The van der Waals surface area contributed by atoms with Gasteiger partial charge in [-0.15, -0.1) is 11.3 Å². The van der Waals surface area contributed by atoms with Gasteiger partial charge in [0.2, 0.25) is 17.6 Å². The van der Waals surface area contributed by atoms with Crippen molar-refractivity contribution in [2.24, 2.45) is 5.92 Å². The number of aromatic nitrogens is 1. The first-order valence-corrected chi connectivity index (χ1v) is 22.9. The van der Waals surface area contributed by atoms with Crippen LogP contribution in [0.4, 0.5) is 4.79 Å². The fourth-order valence-corrected chi connectivity index (χ4v) is 8.08. The second-order valence-electron chi connectivity index (χ2n) is 16.5. The minimum absolute atomic E-state index is 0.0289. The van der Waals surface area contributed by atoms with Crippen LogP contribution in [0.25, 0.3) is 0 Å². The van der Waals surface area contributed by atoms with E-state index >= 15 is 0 Å². The molecule has 18 heteroatoms. The molecular weight excluding hydrogens is 837 g/mol. The zero-order valence-corrected chi connectivity index (χ0v) is 38.7. The maximum atomic E-state index is 14.4. The van der Waals surface area contributed by atoms with Crippen LogP contribution < -0.4 is 10.1 Å². The number of esters is 1. The summed E-state index contributed by atoms with van der Waals surface area (Å²) in [5, 5.41) is 5.45. The average molecular weight is 905 g/mol. The zero-order chi connectivity index (χ0) is 45.6. The van der Waals surface area contributed by atoms with E-state index in [1.807, 2.05) is 4.90 Å². The van der Waals surface area contributed by atoms with E-state index in [1.54, 1.807) is 57.3 Å². The van der Waals surface area contributed by atoms with Crippen molar-refractivity contribution < 1.29 is 61.9 Å². The molecule has 1 saturated carbocycles. The Morgan fingerprint density at radius 3 is 2.05 bits per heavy atom. The summed E-state index contributed by atoms with van der Waals surface area (Å²) in [6.07, 6.45) is 5.76. The van der Waals surface area contributed by atoms with Crippen LogP contribution in [0.3, 0.4) is 0 Å². The van der Waals surface area contributed by atoms with Crippen LogP contribution in [-0.4, -0.2) is 156 Å².